The SMILES string of the molecule is CCC1CCCC(N=C2NC(C)CCS2)C1. The van der Waals surface area contributed by atoms with E-state index in [-0.39, 0.29) is 0 Å². The molecule has 2 nitrogen and oxygen atoms in total. The second kappa shape index (κ2) is 5.95. The molecule has 0 radical (unpaired) electrons. The molecule has 1 saturated carbocycles. The van der Waals surface area contributed by atoms with E-state index < -0.39 is 0 Å². The van der Waals surface area contributed by atoms with Gasteiger partial charge in [0.05, 0.1) is 6.04 Å². The zero-order chi connectivity index (χ0) is 11.4. The highest BCUT2D eigenvalue weighted by atomic mass is 32.2. The van der Waals surface area contributed by atoms with E-state index in [9.17, 15) is 0 Å². The molecule has 1 saturated heterocycles. The Labute approximate surface area is 104 Å². The van der Waals surface area contributed by atoms with Gasteiger partial charge in [-0.05, 0) is 32.1 Å². The molecule has 0 aromatic heterocycles. The molecule has 2 aliphatic rings. The van der Waals surface area contributed by atoms with Crippen LogP contribution in [0.5, 0.6) is 0 Å². The summed E-state index contributed by atoms with van der Waals surface area (Å²) in [6.07, 6.45) is 8.02. The molecule has 0 aromatic carbocycles. The Bertz CT molecular complexity index is 252. The minimum absolute atomic E-state index is 0.596. The molecular weight excluding hydrogens is 216 g/mol. The zero-order valence-electron chi connectivity index (χ0n) is 10.5. The van der Waals surface area contributed by atoms with Gasteiger partial charge in [0.25, 0.3) is 0 Å². The molecule has 2 fully saturated rings. The summed E-state index contributed by atoms with van der Waals surface area (Å²) in [5, 5.41) is 4.72. The predicted molar refractivity (Wildman–Crippen MR) is 73.1 cm³/mol. The monoisotopic (exact) mass is 240 g/mol. The van der Waals surface area contributed by atoms with Crippen LogP contribution in [-0.4, -0.2) is 23.0 Å². The van der Waals surface area contributed by atoms with Crippen molar-refractivity contribution in [2.24, 2.45) is 10.9 Å². The molecule has 0 aromatic rings. The summed E-state index contributed by atoms with van der Waals surface area (Å²) < 4.78 is 0. The third-order valence-electron chi connectivity index (χ3n) is 3.79. The van der Waals surface area contributed by atoms with E-state index in [0.29, 0.717) is 12.1 Å². The van der Waals surface area contributed by atoms with Crippen LogP contribution in [0.15, 0.2) is 4.99 Å². The van der Waals surface area contributed by atoms with E-state index in [1.807, 2.05) is 11.8 Å². The third-order valence-corrected chi connectivity index (χ3v) is 4.73. The van der Waals surface area contributed by atoms with Crippen LogP contribution in [0, 0.1) is 5.92 Å². The molecule has 3 heteroatoms. The first-order valence-electron chi connectivity index (χ1n) is 6.75. The maximum Gasteiger partial charge on any atom is 0.157 e. The Morgan fingerprint density at radius 1 is 1.38 bits per heavy atom. The van der Waals surface area contributed by atoms with Gasteiger partial charge in [-0.1, -0.05) is 37.9 Å². The fourth-order valence-electron chi connectivity index (χ4n) is 2.65. The number of amidine groups is 1. The van der Waals surface area contributed by atoms with Gasteiger partial charge < -0.3 is 5.32 Å². The van der Waals surface area contributed by atoms with E-state index >= 15 is 0 Å². The van der Waals surface area contributed by atoms with Crippen molar-refractivity contribution in [1.29, 1.82) is 0 Å². The van der Waals surface area contributed by atoms with Crippen LogP contribution in [0.3, 0.4) is 0 Å². The summed E-state index contributed by atoms with van der Waals surface area (Å²) in [6, 6.07) is 1.21. The van der Waals surface area contributed by atoms with Gasteiger partial charge in [-0.2, -0.15) is 0 Å². The number of hydrogen-bond acceptors (Lipinski definition) is 2. The number of hydrogen-bond donors (Lipinski definition) is 1. The quantitative estimate of drug-likeness (QED) is 0.799. The third kappa shape index (κ3) is 3.41. The largest absolute Gasteiger partial charge is 0.362 e. The highest BCUT2D eigenvalue weighted by Crippen LogP contribution is 2.29. The molecule has 1 aliphatic carbocycles. The number of nitrogens with zero attached hydrogens (tertiary/aromatic N) is 1. The molecule has 0 amide bonds. The lowest BCUT2D eigenvalue weighted by Gasteiger charge is -2.28. The molecule has 0 spiro atoms. The Hall–Kier alpha value is -0.180. The molecule has 1 aliphatic heterocycles. The van der Waals surface area contributed by atoms with Crippen LogP contribution in [0.2, 0.25) is 0 Å². The van der Waals surface area contributed by atoms with Crippen molar-refractivity contribution >= 4 is 16.9 Å². The standard InChI is InChI=1S/C13H24N2S/c1-3-11-5-4-6-12(9-11)15-13-14-10(2)7-8-16-13/h10-12H,3-9H2,1-2H3,(H,14,15). The topological polar surface area (TPSA) is 24.4 Å². The lowest BCUT2D eigenvalue weighted by molar-refractivity contribution is 0.316. The summed E-state index contributed by atoms with van der Waals surface area (Å²) in [6.45, 7) is 4.57. The van der Waals surface area contributed by atoms with Crippen molar-refractivity contribution in [3.05, 3.63) is 0 Å². The molecule has 2 rings (SSSR count). The lowest BCUT2D eigenvalue weighted by Crippen LogP contribution is -2.36. The Morgan fingerprint density at radius 3 is 3.00 bits per heavy atom. The van der Waals surface area contributed by atoms with Crippen molar-refractivity contribution in [2.45, 2.75) is 64.5 Å². The fraction of sp³-hybridized carbons (Fsp3) is 0.923. The zero-order valence-corrected chi connectivity index (χ0v) is 11.4. The number of nitrogens with one attached hydrogen (secondary N) is 1. The van der Waals surface area contributed by atoms with Crippen LogP contribution in [0.25, 0.3) is 0 Å². The fourth-order valence-corrected chi connectivity index (χ4v) is 3.82. The lowest BCUT2D eigenvalue weighted by atomic mass is 9.84. The number of thioether (sulfide) groups is 1. The van der Waals surface area contributed by atoms with Crippen LogP contribution in [0.1, 0.15) is 52.4 Å². The normalized spacial score (nSPS) is 38.4. The molecule has 92 valence electrons. The van der Waals surface area contributed by atoms with Gasteiger partial charge in [-0.3, -0.25) is 4.99 Å². The summed E-state index contributed by atoms with van der Waals surface area (Å²) in [5.41, 5.74) is 0. The molecule has 16 heavy (non-hydrogen) atoms. The highest BCUT2D eigenvalue weighted by molar-refractivity contribution is 8.13. The van der Waals surface area contributed by atoms with Crippen molar-refractivity contribution in [1.82, 2.24) is 5.32 Å². The summed E-state index contributed by atoms with van der Waals surface area (Å²) in [7, 11) is 0. The first kappa shape index (κ1) is 12.3. The first-order chi connectivity index (χ1) is 7.78. The van der Waals surface area contributed by atoms with E-state index in [0.717, 1.165) is 5.92 Å². The smallest absolute Gasteiger partial charge is 0.157 e. The summed E-state index contributed by atoms with van der Waals surface area (Å²) >= 11 is 1.91. The molecule has 1 heterocycles. The molecule has 3 unspecified atom stereocenters. The molecule has 1 N–H and O–H groups in total. The number of aliphatic imine (C=N–C) groups is 1. The van der Waals surface area contributed by atoms with Crippen LogP contribution >= 0.6 is 11.8 Å². The maximum absolute atomic E-state index is 4.91. The van der Waals surface area contributed by atoms with E-state index in [2.05, 4.69) is 19.2 Å². The highest BCUT2D eigenvalue weighted by Gasteiger charge is 2.22. The van der Waals surface area contributed by atoms with Crippen LogP contribution in [-0.2, 0) is 0 Å². The van der Waals surface area contributed by atoms with Gasteiger partial charge in [-0.15, -0.1) is 0 Å². The van der Waals surface area contributed by atoms with Gasteiger partial charge in [-0.25, -0.2) is 0 Å². The molecule has 0 bridgehead atoms. The maximum atomic E-state index is 4.91. The van der Waals surface area contributed by atoms with Gasteiger partial charge >= 0.3 is 0 Å². The minimum Gasteiger partial charge on any atom is -0.362 e. The van der Waals surface area contributed by atoms with Crippen molar-refractivity contribution in [2.75, 3.05) is 5.75 Å². The van der Waals surface area contributed by atoms with Crippen LogP contribution < -0.4 is 5.32 Å². The predicted octanol–water partition coefficient (Wildman–Crippen LogP) is 3.43. The second-order valence-corrected chi connectivity index (χ2v) is 6.30. The Morgan fingerprint density at radius 2 is 2.25 bits per heavy atom. The number of rotatable bonds is 2. The van der Waals surface area contributed by atoms with Gasteiger partial charge in [0.2, 0.25) is 0 Å². The summed E-state index contributed by atoms with van der Waals surface area (Å²) in [5.74, 6) is 2.16. The average Bonchev–Trinajstić information content (AvgIpc) is 2.29. The van der Waals surface area contributed by atoms with E-state index in [1.165, 1.54) is 49.4 Å². The van der Waals surface area contributed by atoms with Crippen molar-refractivity contribution in [3.8, 4) is 0 Å². The molecule has 3 atom stereocenters. The first-order valence-corrected chi connectivity index (χ1v) is 7.73. The van der Waals surface area contributed by atoms with E-state index in [4.69, 9.17) is 4.99 Å². The van der Waals surface area contributed by atoms with E-state index in [1.54, 1.807) is 0 Å². The van der Waals surface area contributed by atoms with Crippen LogP contribution in [0.4, 0.5) is 0 Å². The minimum atomic E-state index is 0.596. The van der Waals surface area contributed by atoms with Gasteiger partial charge in [0.15, 0.2) is 5.17 Å². The Balaban J connectivity index is 1.89. The van der Waals surface area contributed by atoms with Crippen molar-refractivity contribution < 1.29 is 0 Å². The Kier molecular flexibility index (Phi) is 4.56. The molecular formula is C13H24N2S. The van der Waals surface area contributed by atoms with Crippen molar-refractivity contribution in [3.63, 3.8) is 0 Å². The van der Waals surface area contributed by atoms with Gasteiger partial charge in [0.1, 0.15) is 0 Å². The van der Waals surface area contributed by atoms with Gasteiger partial charge in [0, 0.05) is 11.8 Å². The summed E-state index contributed by atoms with van der Waals surface area (Å²) in [4.78, 5) is 4.91. The average molecular weight is 240 g/mol. The second-order valence-electron chi connectivity index (χ2n) is 5.21.